The molecule has 0 bridgehead atoms. The molecule has 4 heteroatoms. The molecule has 0 saturated carbocycles. The van der Waals surface area contributed by atoms with Gasteiger partial charge in [0.2, 0.25) is 0 Å². The Bertz CT molecular complexity index is 620. The molecule has 20 heavy (non-hydrogen) atoms. The molecule has 1 atom stereocenters. The van der Waals surface area contributed by atoms with Gasteiger partial charge in [-0.2, -0.15) is 0 Å². The van der Waals surface area contributed by atoms with Crippen LogP contribution in [0.4, 0.5) is 5.69 Å². The number of amidine groups is 1. The smallest absolute Gasteiger partial charge is 0.161 e. The largest absolute Gasteiger partial charge is 0.335 e. The maximum Gasteiger partial charge on any atom is 0.161 e. The van der Waals surface area contributed by atoms with Crippen LogP contribution in [0.25, 0.3) is 0 Å². The highest BCUT2D eigenvalue weighted by Gasteiger charge is 2.19. The van der Waals surface area contributed by atoms with Gasteiger partial charge >= 0.3 is 0 Å². The Morgan fingerprint density at radius 1 is 1.20 bits per heavy atom. The summed E-state index contributed by atoms with van der Waals surface area (Å²) in [5, 5.41) is 4.40. The van der Waals surface area contributed by atoms with Crippen LogP contribution in [0, 0.1) is 6.92 Å². The first kappa shape index (κ1) is 13.7. The third kappa shape index (κ3) is 3.25. The van der Waals surface area contributed by atoms with Gasteiger partial charge in [-0.05, 0) is 36.2 Å². The molecule has 0 aromatic heterocycles. The number of halogens is 1. The number of aryl methyl sites for hydroxylation is 1. The van der Waals surface area contributed by atoms with Crippen LogP contribution in [-0.4, -0.2) is 10.9 Å². The van der Waals surface area contributed by atoms with Crippen molar-refractivity contribution >= 4 is 38.5 Å². The fraction of sp³-hybridized carbons (Fsp3) is 0.188. The van der Waals surface area contributed by atoms with E-state index in [2.05, 4.69) is 70.6 Å². The van der Waals surface area contributed by atoms with E-state index in [1.54, 1.807) is 11.8 Å². The Kier molecular flexibility index (Phi) is 4.13. The van der Waals surface area contributed by atoms with Crippen LogP contribution in [-0.2, 0) is 0 Å². The molecule has 2 nitrogen and oxygen atoms in total. The quantitative estimate of drug-likeness (QED) is 0.825. The first-order valence-electron chi connectivity index (χ1n) is 6.50. The highest BCUT2D eigenvalue weighted by molar-refractivity contribution is 9.10. The molecule has 0 aliphatic carbocycles. The Hall–Kier alpha value is -1.26. The topological polar surface area (TPSA) is 24.4 Å². The van der Waals surface area contributed by atoms with Crippen molar-refractivity contribution in [1.82, 2.24) is 0 Å². The third-order valence-corrected chi connectivity index (χ3v) is 4.55. The summed E-state index contributed by atoms with van der Waals surface area (Å²) in [6.45, 7) is 2.09. The molecule has 0 radical (unpaired) electrons. The molecular formula is C16H15BrN2S. The van der Waals surface area contributed by atoms with Gasteiger partial charge in [-0.15, -0.1) is 0 Å². The second-order valence-electron chi connectivity index (χ2n) is 4.81. The highest BCUT2D eigenvalue weighted by atomic mass is 79.9. The van der Waals surface area contributed by atoms with Crippen LogP contribution in [0.2, 0.25) is 0 Å². The normalized spacial score (nSPS) is 17.9. The lowest BCUT2D eigenvalue weighted by atomic mass is 10.1. The molecular weight excluding hydrogens is 332 g/mol. The Morgan fingerprint density at radius 3 is 2.75 bits per heavy atom. The maximum absolute atomic E-state index is 4.77. The van der Waals surface area contributed by atoms with Crippen molar-refractivity contribution in [2.75, 3.05) is 11.1 Å². The minimum Gasteiger partial charge on any atom is -0.335 e. The van der Waals surface area contributed by atoms with Gasteiger partial charge in [0.1, 0.15) is 0 Å². The number of rotatable bonds is 2. The van der Waals surface area contributed by atoms with E-state index in [4.69, 9.17) is 4.99 Å². The van der Waals surface area contributed by atoms with Crippen molar-refractivity contribution in [3.63, 3.8) is 0 Å². The number of nitrogens with zero attached hydrogens (tertiary/aromatic N) is 1. The fourth-order valence-corrected chi connectivity index (χ4v) is 3.80. The van der Waals surface area contributed by atoms with E-state index in [1.807, 2.05) is 6.07 Å². The van der Waals surface area contributed by atoms with Gasteiger partial charge in [0.05, 0.1) is 6.04 Å². The maximum atomic E-state index is 4.77. The first-order chi connectivity index (χ1) is 9.70. The molecule has 1 aliphatic rings. The van der Waals surface area contributed by atoms with Crippen LogP contribution in [0.5, 0.6) is 0 Å². The van der Waals surface area contributed by atoms with Crippen LogP contribution in [0.15, 0.2) is 58.0 Å². The van der Waals surface area contributed by atoms with Gasteiger partial charge in [-0.3, -0.25) is 4.99 Å². The average molecular weight is 347 g/mol. The summed E-state index contributed by atoms with van der Waals surface area (Å²) in [4.78, 5) is 4.77. The Morgan fingerprint density at radius 2 is 2.00 bits per heavy atom. The van der Waals surface area contributed by atoms with Gasteiger partial charge in [0, 0.05) is 15.9 Å². The average Bonchev–Trinajstić information content (AvgIpc) is 2.87. The molecule has 102 valence electrons. The Labute approximate surface area is 131 Å². The molecule has 3 rings (SSSR count). The van der Waals surface area contributed by atoms with Crippen LogP contribution >= 0.6 is 27.7 Å². The van der Waals surface area contributed by atoms with E-state index in [1.165, 1.54) is 11.1 Å². The fourth-order valence-electron chi connectivity index (χ4n) is 2.22. The van der Waals surface area contributed by atoms with Crippen molar-refractivity contribution in [2.45, 2.75) is 13.0 Å². The third-order valence-electron chi connectivity index (χ3n) is 3.13. The predicted octanol–water partition coefficient (Wildman–Crippen LogP) is 5.01. The lowest BCUT2D eigenvalue weighted by molar-refractivity contribution is 0.849. The number of thioether (sulfide) groups is 1. The van der Waals surface area contributed by atoms with Gasteiger partial charge in [0.25, 0.3) is 0 Å². The summed E-state index contributed by atoms with van der Waals surface area (Å²) in [7, 11) is 0. The first-order valence-corrected chi connectivity index (χ1v) is 8.28. The molecule has 1 unspecified atom stereocenters. The van der Waals surface area contributed by atoms with Gasteiger partial charge < -0.3 is 5.32 Å². The second-order valence-corrected chi connectivity index (χ2v) is 6.74. The highest BCUT2D eigenvalue weighted by Crippen LogP contribution is 2.31. The minimum absolute atomic E-state index is 0.261. The van der Waals surface area contributed by atoms with E-state index >= 15 is 0 Å². The molecule has 1 N–H and O–H groups in total. The van der Waals surface area contributed by atoms with Gasteiger partial charge in [-0.1, -0.05) is 58.0 Å². The zero-order chi connectivity index (χ0) is 13.9. The summed E-state index contributed by atoms with van der Waals surface area (Å²) in [6, 6.07) is 17.0. The molecule has 1 aliphatic heterocycles. The lowest BCUT2D eigenvalue weighted by Crippen LogP contribution is -2.04. The van der Waals surface area contributed by atoms with E-state index in [0.717, 1.165) is 21.1 Å². The van der Waals surface area contributed by atoms with E-state index in [-0.39, 0.29) is 6.04 Å². The summed E-state index contributed by atoms with van der Waals surface area (Å²) in [6.07, 6.45) is 0. The molecule has 0 amide bonds. The number of benzene rings is 2. The van der Waals surface area contributed by atoms with Crippen molar-refractivity contribution < 1.29 is 0 Å². The second kappa shape index (κ2) is 6.02. The zero-order valence-electron chi connectivity index (χ0n) is 11.1. The van der Waals surface area contributed by atoms with E-state index < -0.39 is 0 Å². The standard InChI is InChI=1S/C16H15BrN2S/c1-11-7-13(17)9-14(8-11)18-16-19-15(10-20-16)12-5-3-2-4-6-12/h2-9,15H,10H2,1H3,(H,18,19). The van der Waals surface area contributed by atoms with Crippen LogP contribution in [0.3, 0.4) is 0 Å². The monoisotopic (exact) mass is 346 g/mol. The molecule has 1 heterocycles. The SMILES string of the molecule is Cc1cc(Br)cc(NC2=NC(c3ccccc3)CS2)c1. The summed E-state index contributed by atoms with van der Waals surface area (Å²) >= 11 is 5.30. The van der Waals surface area contributed by atoms with Crippen LogP contribution < -0.4 is 5.32 Å². The minimum atomic E-state index is 0.261. The zero-order valence-corrected chi connectivity index (χ0v) is 13.5. The van der Waals surface area contributed by atoms with Crippen molar-refractivity contribution in [3.05, 3.63) is 64.1 Å². The van der Waals surface area contributed by atoms with E-state index in [9.17, 15) is 0 Å². The Balaban J connectivity index is 1.76. The lowest BCUT2D eigenvalue weighted by Gasteiger charge is -2.07. The predicted molar refractivity (Wildman–Crippen MR) is 91.6 cm³/mol. The summed E-state index contributed by atoms with van der Waals surface area (Å²) in [5.74, 6) is 0.999. The molecule has 2 aromatic rings. The van der Waals surface area contributed by atoms with Crippen molar-refractivity contribution in [2.24, 2.45) is 4.99 Å². The van der Waals surface area contributed by atoms with Gasteiger partial charge in [-0.25, -0.2) is 0 Å². The number of anilines is 1. The molecule has 0 spiro atoms. The number of aliphatic imine (C=N–C) groups is 1. The number of nitrogens with one attached hydrogen (secondary N) is 1. The summed E-state index contributed by atoms with van der Waals surface area (Å²) in [5.41, 5.74) is 3.59. The molecule has 2 aromatic carbocycles. The molecule has 0 fully saturated rings. The van der Waals surface area contributed by atoms with Crippen LogP contribution in [0.1, 0.15) is 17.2 Å². The number of hydrogen-bond donors (Lipinski definition) is 1. The van der Waals surface area contributed by atoms with Crippen molar-refractivity contribution in [3.8, 4) is 0 Å². The number of hydrogen-bond acceptors (Lipinski definition) is 3. The summed E-state index contributed by atoms with van der Waals surface area (Å²) < 4.78 is 1.09. The molecule has 0 saturated heterocycles. The van der Waals surface area contributed by atoms with Crippen molar-refractivity contribution in [1.29, 1.82) is 0 Å². The van der Waals surface area contributed by atoms with Gasteiger partial charge in [0.15, 0.2) is 5.17 Å². The van der Waals surface area contributed by atoms with E-state index in [0.29, 0.717) is 0 Å².